The van der Waals surface area contributed by atoms with Crippen molar-refractivity contribution in [2.45, 2.75) is 0 Å². The standard InChI is InChI=1S/C16H11ClO5S/c1-23(19,20)22-11-6-7-12-14(9-11)21-15(16(12)18)8-10-4-2-3-5-13(10)17/h2-9H,1H3. The predicted molar refractivity (Wildman–Crippen MR) is 86.3 cm³/mol. The molecule has 1 aliphatic rings. The van der Waals surface area contributed by atoms with Crippen molar-refractivity contribution in [2.75, 3.05) is 6.26 Å². The van der Waals surface area contributed by atoms with E-state index in [0.29, 0.717) is 16.1 Å². The smallest absolute Gasteiger partial charge is 0.306 e. The van der Waals surface area contributed by atoms with Gasteiger partial charge in [-0.1, -0.05) is 29.8 Å². The molecule has 1 heterocycles. The van der Waals surface area contributed by atoms with Crippen LogP contribution in [0.25, 0.3) is 6.08 Å². The third-order valence-corrected chi connectivity index (χ3v) is 3.92. The van der Waals surface area contributed by atoms with Crippen LogP contribution in [0.15, 0.2) is 48.2 Å². The van der Waals surface area contributed by atoms with Gasteiger partial charge in [-0.25, -0.2) is 0 Å². The Labute approximate surface area is 138 Å². The van der Waals surface area contributed by atoms with Gasteiger partial charge in [0.15, 0.2) is 5.76 Å². The van der Waals surface area contributed by atoms with E-state index in [4.69, 9.17) is 20.5 Å². The molecule has 0 atom stereocenters. The van der Waals surface area contributed by atoms with Crippen molar-refractivity contribution >= 4 is 33.6 Å². The third-order valence-electron chi connectivity index (χ3n) is 3.08. The number of ketones is 1. The fraction of sp³-hybridized carbons (Fsp3) is 0.0625. The van der Waals surface area contributed by atoms with Gasteiger partial charge >= 0.3 is 10.1 Å². The van der Waals surface area contributed by atoms with Gasteiger partial charge < -0.3 is 8.92 Å². The minimum atomic E-state index is -3.65. The highest BCUT2D eigenvalue weighted by molar-refractivity contribution is 7.86. The highest BCUT2D eigenvalue weighted by Crippen LogP contribution is 2.35. The summed E-state index contributed by atoms with van der Waals surface area (Å²) < 4.78 is 32.6. The summed E-state index contributed by atoms with van der Waals surface area (Å²) in [6.45, 7) is 0. The SMILES string of the molecule is CS(=O)(=O)Oc1ccc2c(c1)OC(=Cc1ccccc1Cl)C2=O. The summed E-state index contributed by atoms with van der Waals surface area (Å²) in [4.78, 5) is 12.3. The highest BCUT2D eigenvalue weighted by atomic mass is 35.5. The van der Waals surface area contributed by atoms with Crippen LogP contribution in [0, 0.1) is 0 Å². The molecular weight excluding hydrogens is 340 g/mol. The average Bonchev–Trinajstić information content (AvgIpc) is 2.76. The lowest BCUT2D eigenvalue weighted by molar-refractivity contribution is 0.101. The molecule has 0 radical (unpaired) electrons. The number of Topliss-reactive ketones (excluding diaryl/α,β-unsaturated/α-hetero) is 1. The first-order valence-electron chi connectivity index (χ1n) is 6.56. The molecule has 2 aromatic carbocycles. The molecule has 0 N–H and O–H groups in total. The molecule has 7 heteroatoms. The Kier molecular flexibility index (Phi) is 3.87. The number of carbonyl (C=O) groups is 1. The molecule has 0 unspecified atom stereocenters. The molecule has 5 nitrogen and oxygen atoms in total. The Hall–Kier alpha value is -2.31. The summed E-state index contributed by atoms with van der Waals surface area (Å²) in [6.07, 6.45) is 2.48. The van der Waals surface area contributed by atoms with Crippen LogP contribution < -0.4 is 8.92 Å². The second kappa shape index (κ2) is 5.72. The van der Waals surface area contributed by atoms with Gasteiger partial charge in [-0.2, -0.15) is 8.42 Å². The number of carbonyl (C=O) groups excluding carboxylic acids is 1. The molecular formula is C16H11ClO5S. The van der Waals surface area contributed by atoms with Crippen molar-refractivity contribution in [3.05, 3.63) is 64.4 Å². The molecule has 0 bridgehead atoms. The number of hydrogen-bond acceptors (Lipinski definition) is 5. The van der Waals surface area contributed by atoms with Crippen LogP contribution in [0.1, 0.15) is 15.9 Å². The molecule has 0 amide bonds. The lowest BCUT2D eigenvalue weighted by Crippen LogP contribution is -2.05. The summed E-state index contributed by atoms with van der Waals surface area (Å²) >= 11 is 6.06. The van der Waals surface area contributed by atoms with Gasteiger partial charge in [0.1, 0.15) is 11.5 Å². The molecule has 118 valence electrons. The first-order chi connectivity index (χ1) is 10.8. The number of fused-ring (bicyclic) bond motifs is 1. The molecule has 1 aliphatic heterocycles. The zero-order valence-electron chi connectivity index (χ0n) is 11.9. The maximum atomic E-state index is 12.3. The van der Waals surface area contributed by atoms with Crippen LogP contribution in [0.4, 0.5) is 0 Å². The molecule has 0 aliphatic carbocycles. The summed E-state index contributed by atoms with van der Waals surface area (Å²) in [5.74, 6) is 0.142. The van der Waals surface area contributed by atoms with E-state index in [-0.39, 0.29) is 23.0 Å². The second-order valence-corrected chi connectivity index (χ2v) is 6.89. The summed E-state index contributed by atoms with van der Waals surface area (Å²) in [5.41, 5.74) is 0.988. The second-order valence-electron chi connectivity index (χ2n) is 4.91. The Balaban J connectivity index is 1.94. The van der Waals surface area contributed by atoms with E-state index in [9.17, 15) is 13.2 Å². The quantitative estimate of drug-likeness (QED) is 0.627. The lowest BCUT2D eigenvalue weighted by Gasteiger charge is -2.04. The third kappa shape index (κ3) is 3.38. The Morgan fingerprint density at radius 2 is 1.91 bits per heavy atom. The number of halogens is 1. The molecule has 23 heavy (non-hydrogen) atoms. The highest BCUT2D eigenvalue weighted by Gasteiger charge is 2.28. The fourth-order valence-electron chi connectivity index (χ4n) is 2.13. The first-order valence-corrected chi connectivity index (χ1v) is 8.75. The van der Waals surface area contributed by atoms with Crippen molar-refractivity contribution in [1.82, 2.24) is 0 Å². The van der Waals surface area contributed by atoms with Crippen molar-refractivity contribution in [3.63, 3.8) is 0 Å². The Morgan fingerprint density at radius 1 is 1.17 bits per heavy atom. The maximum absolute atomic E-state index is 12.3. The van der Waals surface area contributed by atoms with Gasteiger partial charge in [0.2, 0.25) is 5.78 Å². The van der Waals surface area contributed by atoms with Gasteiger partial charge in [0.05, 0.1) is 11.8 Å². The van der Waals surface area contributed by atoms with Crippen LogP contribution in [-0.2, 0) is 10.1 Å². The monoisotopic (exact) mass is 350 g/mol. The van der Waals surface area contributed by atoms with Gasteiger partial charge in [0.25, 0.3) is 0 Å². The first kappa shape index (κ1) is 15.6. The molecule has 2 aromatic rings. The van der Waals surface area contributed by atoms with E-state index >= 15 is 0 Å². The maximum Gasteiger partial charge on any atom is 0.306 e. The van der Waals surface area contributed by atoms with Crippen LogP contribution in [0.2, 0.25) is 5.02 Å². The van der Waals surface area contributed by atoms with E-state index in [1.54, 1.807) is 30.3 Å². The number of allylic oxidation sites excluding steroid dienone is 1. The van der Waals surface area contributed by atoms with Crippen molar-refractivity contribution < 1.29 is 22.1 Å². The Morgan fingerprint density at radius 3 is 2.61 bits per heavy atom. The van der Waals surface area contributed by atoms with Crippen molar-refractivity contribution in [1.29, 1.82) is 0 Å². The van der Waals surface area contributed by atoms with E-state index in [1.807, 2.05) is 0 Å². The molecule has 0 aromatic heterocycles. The van der Waals surface area contributed by atoms with E-state index in [2.05, 4.69) is 0 Å². The van der Waals surface area contributed by atoms with Gasteiger partial charge in [-0.3, -0.25) is 4.79 Å². The number of ether oxygens (including phenoxy) is 1. The van der Waals surface area contributed by atoms with E-state index < -0.39 is 10.1 Å². The minimum absolute atomic E-state index is 0.0815. The van der Waals surface area contributed by atoms with Crippen molar-refractivity contribution in [2.24, 2.45) is 0 Å². The normalized spacial score (nSPS) is 15.4. The molecule has 0 saturated carbocycles. The lowest BCUT2D eigenvalue weighted by atomic mass is 10.1. The Bertz CT molecular complexity index is 931. The molecule has 0 spiro atoms. The summed E-state index contributed by atoms with van der Waals surface area (Å²) in [5, 5.41) is 0.494. The zero-order valence-corrected chi connectivity index (χ0v) is 13.5. The minimum Gasteiger partial charge on any atom is -0.452 e. The largest absolute Gasteiger partial charge is 0.452 e. The van der Waals surface area contributed by atoms with Crippen LogP contribution in [0.3, 0.4) is 0 Å². The average molecular weight is 351 g/mol. The van der Waals surface area contributed by atoms with Crippen LogP contribution in [-0.4, -0.2) is 20.5 Å². The summed E-state index contributed by atoms with van der Waals surface area (Å²) in [6, 6.07) is 11.3. The van der Waals surface area contributed by atoms with E-state index in [0.717, 1.165) is 6.26 Å². The van der Waals surface area contributed by atoms with Crippen molar-refractivity contribution in [3.8, 4) is 11.5 Å². The molecule has 0 fully saturated rings. The number of hydrogen-bond donors (Lipinski definition) is 0. The molecule has 3 rings (SSSR count). The summed E-state index contributed by atoms with van der Waals surface area (Å²) in [7, 11) is -3.65. The van der Waals surface area contributed by atoms with E-state index in [1.165, 1.54) is 18.2 Å². The van der Waals surface area contributed by atoms with Crippen LogP contribution in [0.5, 0.6) is 11.5 Å². The van der Waals surface area contributed by atoms with Gasteiger partial charge in [0, 0.05) is 11.1 Å². The predicted octanol–water partition coefficient (Wildman–Crippen LogP) is 3.29. The van der Waals surface area contributed by atoms with Gasteiger partial charge in [-0.15, -0.1) is 0 Å². The number of benzene rings is 2. The van der Waals surface area contributed by atoms with Gasteiger partial charge in [-0.05, 0) is 29.8 Å². The van der Waals surface area contributed by atoms with Crippen LogP contribution >= 0.6 is 11.6 Å². The topological polar surface area (TPSA) is 69.7 Å². The zero-order chi connectivity index (χ0) is 16.6. The fourth-order valence-corrected chi connectivity index (χ4v) is 2.77. The molecule has 0 saturated heterocycles. The number of rotatable bonds is 3.